The number of halogens is 1. The first-order chi connectivity index (χ1) is 25.1. The fourth-order valence-electron chi connectivity index (χ4n) is 5.07. The molecule has 280 valence electrons. The average Bonchev–Trinajstić information content (AvgIpc) is 3.15. The Bertz CT molecular complexity index is 1630. The van der Waals surface area contributed by atoms with Gasteiger partial charge in [-0.2, -0.15) is 5.11 Å². The van der Waals surface area contributed by atoms with Gasteiger partial charge in [-0.3, -0.25) is 29.6 Å². The zero-order chi connectivity index (χ0) is 37.9. The molecule has 0 aliphatic rings. The van der Waals surface area contributed by atoms with Crippen molar-refractivity contribution in [1.29, 1.82) is 0 Å². The number of likely N-dealkylation sites (N-methyl/N-ethyl adjacent to an activating group) is 2. The summed E-state index contributed by atoms with van der Waals surface area (Å²) in [5.74, 6) is -0.836. The summed E-state index contributed by atoms with van der Waals surface area (Å²) >= 11 is 6.09. The van der Waals surface area contributed by atoms with Crippen LogP contribution in [0.2, 0.25) is 5.02 Å². The molecule has 1 atom stereocenters. The summed E-state index contributed by atoms with van der Waals surface area (Å²) < 4.78 is 10.9. The summed E-state index contributed by atoms with van der Waals surface area (Å²) in [6, 6.07) is 18.8. The van der Waals surface area contributed by atoms with E-state index in [1.54, 1.807) is 17.0 Å². The van der Waals surface area contributed by atoms with Crippen molar-refractivity contribution in [3.05, 3.63) is 81.9 Å². The van der Waals surface area contributed by atoms with Crippen LogP contribution in [0.4, 0.5) is 34.1 Å². The van der Waals surface area contributed by atoms with Crippen molar-refractivity contribution in [3.8, 4) is 0 Å². The van der Waals surface area contributed by atoms with Crippen molar-refractivity contribution in [3.63, 3.8) is 0 Å². The summed E-state index contributed by atoms with van der Waals surface area (Å²) in [4.78, 5) is 45.2. The van der Waals surface area contributed by atoms with E-state index in [2.05, 4.69) is 26.8 Å². The van der Waals surface area contributed by atoms with Crippen LogP contribution in [0.25, 0.3) is 0 Å². The molecule has 0 fully saturated rings. The van der Waals surface area contributed by atoms with Gasteiger partial charge in [0.2, 0.25) is 0 Å². The largest absolute Gasteiger partial charge is 0.464 e. The number of aliphatic hydroxyl groups is 2. The van der Waals surface area contributed by atoms with E-state index in [-0.39, 0.29) is 56.4 Å². The maximum atomic E-state index is 12.6. The van der Waals surface area contributed by atoms with Gasteiger partial charge in [-0.05, 0) is 75.2 Å². The number of esters is 2. The topological polar surface area (TPSA) is 183 Å². The fourth-order valence-corrected chi connectivity index (χ4v) is 5.29. The zero-order valence-corrected chi connectivity index (χ0v) is 30.2. The number of nitro groups is 1. The first-order valence-corrected chi connectivity index (χ1v) is 17.3. The number of ether oxygens (including phenoxy) is 2. The van der Waals surface area contributed by atoms with Crippen molar-refractivity contribution >= 4 is 64.4 Å². The van der Waals surface area contributed by atoms with Crippen LogP contribution in [-0.2, 0) is 19.1 Å². The molecule has 0 bridgehead atoms. The van der Waals surface area contributed by atoms with E-state index in [1.165, 1.54) is 18.2 Å². The van der Waals surface area contributed by atoms with E-state index in [0.29, 0.717) is 31.0 Å². The number of aliphatic hydroxyl groups excluding tert-OH is 2. The molecule has 16 heteroatoms. The first kappa shape index (κ1) is 41.5. The molecule has 0 spiro atoms. The number of aliphatic imine (C=N–C) groups is 1. The molecule has 0 aliphatic carbocycles. The minimum atomic E-state index is -1.03. The van der Waals surface area contributed by atoms with Gasteiger partial charge >= 0.3 is 11.9 Å². The van der Waals surface area contributed by atoms with Crippen LogP contribution in [0.1, 0.15) is 26.7 Å². The van der Waals surface area contributed by atoms with Crippen LogP contribution >= 0.6 is 11.6 Å². The molecule has 0 heterocycles. The number of benzene rings is 3. The highest BCUT2D eigenvalue weighted by Crippen LogP contribution is 2.31. The Morgan fingerprint density at radius 2 is 1.37 bits per heavy atom. The summed E-state index contributed by atoms with van der Waals surface area (Å²) in [6.45, 7) is 10.3. The molecule has 0 amide bonds. The van der Waals surface area contributed by atoms with Crippen molar-refractivity contribution in [2.45, 2.75) is 32.8 Å². The lowest BCUT2D eigenvalue weighted by molar-refractivity contribution is -0.384. The highest BCUT2D eigenvalue weighted by Gasteiger charge is 2.17. The number of hydrogen-bond acceptors (Lipinski definition) is 14. The second-order valence-electron chi connectivity index (χ2n) is 11.5. The van der Waals surface area contributed by atoms with Gasteiger partial charge in [0.1, 0.15) is 18.9 Å². The van der Waals surface area contributed by atoms with E-state index < -0.39 is 29.6 Å². The molecule has 1 unspecified atom stereocenters. The van der Waals surface area contributed by atoms with Crippen molar-refractivity contribution in [2.75, 3.05) is 75.4 Å². The SMILES string of the molecule is C=Nc1ccc(N(CC)CCOC(=O)CCN(CCC(=O)OCCN(CC)c2ccc(/N=N/c3ccc([N+](=O)[O-])cc3Cl)cc2)CC(O)CO)cc1. The average molecular weight is 740 g/mol. The minimum Gasteiger partial charge on any atom is -0.464 e. The van der Waals surface area contributed by atoms with Gasteiger partial charge in [0.05, 0.1) is 60.0 Å². The molecule has 0 saturated heterocycles. The van der Waals surface area contributed by atoms with Gasteiger partial charge < -0.3 is 29.5 Å². The van der Waals surface area contributed by atoms with E-state index in [4.69, 9.17) is 21.1 Å². The Hall–Kier alpha value is -4.96. The van der Waals surface area contributed by atoms with E-state index in [1.807, 2.05) is 55.1 Å². The number of azo groups is 1. The Labute approximate surface area is 308 Å². The molecule has 3 rings (SSSR count). The Kier molecular flexibility index (Phi) is 17.6. The molecular formula is C36H46ClN7O8. The lowest BCUT2D eigenvalue weighted by Gasteiger charge is -2.25. The van der Waals surface area contributed by atoms with Crippen LogP contribution in [-0.4, -0.2) is 110 Å². The third-order valence-corrected chi connectivity index (χ3v) is 8.29. The van der Waals surface area contributed by atoms with Gasteiger partial charge in [0.15, 0.2) is 0 Å². The standard InChI is InChI=1S/C36H46ClN7O8/c1-4-42(29-10-6-27(38-3)7-11-29)20-22-51-35(47)16-18-41(25-32(46)26-45)19-17-36(48)52-23-21-43(5-2)30-12-8-28(9-13-30)39-40-34-15-14-31(44(49)50)24-33(34)37/h6-15,24,32,45-46H,3-5,16-23,25-26H2,1-2H3/b40-39+. The number of hydrogen-bond donors (Lipinski definition) is 2. The van der Waals surface area contributed by atoms with Gasteiger partial charge in [-0.15, -0.1) is 5.11 Å². The molecule has 0 saturated carbocycles. The molecule has 0 radical (unpaired) electrons. The molecule has 52 heavy (non-hydrogen) atoms. The Morgan fingerprint density at radius 1 is 0.846 bits per heavy atom. The highest BCUT2D eigenvalue weighted by molar-refractivity contribution is 6.33. The quantitative estimate of drug-likeness (QED) is 0.0390. The maximum Gasteiger partial charge on any atom is 0.307 e. The minimum absolute atomic E-state index is 0.0312. The third-order valence-electron chi connectivity index (χ3n) is 7.98. The predicted octanol–water partition coefficient (Wildman–Crippen LogP) is 5.87. The van der Waals surface area contributed by atoms with Gasteiger partial charge in [-0.1, -0.05) is 11.6 Å². The number of nitrogens with zero attached hydrogens (tertiary/aromatic N) is 7. The highest BCUT2D eigenvalue weighted by atomic mass is 35.5. The number of carbonyl (C=O) groups excluding carboxylic acids is 2. The maximum absolute atomic E-state index is 12.6. The van der Waals surface area contributed by atoms with Gasteiger partial charge in [0, 0.05) is 56.2 Å². The summed E-state index contributed by atoms with van der Waals surface area (Å²) in [6.07, 6.45) is -0.947. The molecule has 2 N–H and O–H groups in total. The van der Waals surface area contributed by atoms with Crippen LogP contribution in [0, 0.1) is 10.1 Å². The van der Waals surface area contributed by atoms with Gasteiger partial charge in [-0.25, -0.2) is 0 Å². The number of nitro benzene ring substituents is 1. The summed E-state index contributed by atoms with van der Waals surface area (Å²) in [7, 11) is 0. The van der Waals surface area contributed by atoms with Crippen LogP contribution in [0.5, 0.6) is 0 Å². The zero-order valence-electron chi connectivity index (χ0n) is 29.5. The van der Waals surface area contributed by atoms with Crippen LogP contribution in [0.15, 0.2) is 82.0 Å². The molecular weight excluding hydrogens is 694 g/mol. The summed E-state index contributed by atoms with van der Waals surface area (Å²) in [5.41, 5.74) is 3.35. The van der Waals surface area contributed by atoms with E-state index in [0.717, 1.165) is 23.6 Å². The Morgan fingerprint density at radius 3 is 1.81 bits per heavy atom. The molecule has 3 aromatic rings. The van der Waals surface area contributed by atoms with Crippen molar-refractivity contribution < 1.29 is 34.2 Å². The third kappa shape index (κ3) is 14.0. The lowest BCUT2D eigenvalue weighted by Crippen LogP contribution is -2.37. The Balaban J connectivity index is 1.41. The van der Waals surface area contributed by atoms with E-state index in [9.17, 15) is 29.9 Å². The first-order valence-electron chi connectivity index (χ1n) is 16.9. The van der Waals surface area contributed by atoms with E-state index >= 15 is 0 Å². The number of carbonyl (C=O) groups is 2. The summed E-state index contributed by atoms with van der Waals surface area (Å²) in [5, 5.41) is 38.6. The molecule has 0 aliphatic heterocycles. The van der Waals surface area contributed by atoms with Crippen molar-refractivity contribution in [1.82, 2.24) is 4.90 Å². The second-order valence-corrected chi connectivity index (χ2v) is 11.9. The van der Waals surface area contributed by atoms with Crippen LogP contribution in [0.3, 0.4) is 0 Å². The number of anilines is 2. The second kappa shape index (κ2) is 22.1. The molecule has 3 aromatic carbocycles. The lowest BCUT2D eigenvalue weighted by atomic mass is 10.2. The molecule has 0 aromatic heterocycles. The number of non-ortho nitro benzene ring substituents is 1. The van der Waals surface area contributed by atoms with Gasteiger partial charge in [0.25, 0.3) is 5.69 Å². The normalized spacial score (nSPS) is 11.7. The number of rotatable bonds is 23. The van der Waals surface area contributed by atoms with Crippen LogP contribution < -0.4 is 9.80 Å². The predicted molar refractivity (Wildman–Crippen MR) is 201 cm³/mol. The molecule has 15 nitrogen and oxygen atoms in total. The smallest absolute Gasteiger partial charge is 0.307 e. The fraction of sp³-hybridized carbons (Fsp3) is 0.417. The van der Waals surface area contributed by atoms with Crippen molar-refractivity contribution in [2.24, 2.45) is 15.2 Å². The monoisotopic (exact) mass is 739 g/mol.